The minimum atomic E-state index is -0.989. The molecular formula is C17H20N2O2. The van der Waals surface area contributed by atoms with Crippen LogP contribution in [-0.4, -0.2) is 24.2 Å². The molecule has 4 heteroatoms. The molecule has 1 heterocycles. The highest BCUT2D eigenvalue weighted by atomic mass is 16.4. The van der Waals surface area contributed by atoms with E-state index in [0.717, 1.165) is 36.8 Å². The van der Waals surface area contributed by atoms with Crippen LogP contribution in [0, 0.1) is 23.2 Å². The second kappa shape index (κ2) is 6.45. The molecule has 1 aromatic rings. The molecule has 0 saturated carbocycles. The Morgan fingerprint density at radius 2 is 2.29 bits per heavy atom. The Morgan fingerprint density at radius 1 is 1.52 bits per heavy atom. The van der Waals surface area contributed by atoms with Crippen molar-refractivity contribution in [1.29, 1.82) is 5.26 Å². The van der Waals surface area contributed by atoms with Gasteiger partial charge in [-0.1, -0.05) is 19.9 Å². The fourth-order valence-corrected chi connectivity index (χ4v) is 2.74. The van der Waals surface area contributed by atoms with Crippen LogP contribution >= 0.6 is 0 Å². The molecule has 0 aliphatic carbocycles. The number of rotatable bonds is 4. The number of benzene rings is 1. The zero-order valence-corrected chi connectivity index (χ0v) is 12.4. The van der Waals surface area contributed by atoms with E-state index in [-0.39, 0.29) is 0 Å². The minimum absolute atomic E-state index is 0.604. The van der Waals surface area contributed by atoms with Gasteiger partial charge in [-0.2, -0.15) is 5.26 Å². The Bertz CT molecular complexity index is 599. The van der Waals surface area contributed by atoms with Gasteiger partial charge < -0.3 is 10.0 Å². The van der Waals surface area contributed by atoms with Crippen molar-refractivity contribution in [3.8, 4) is 6.07 Å². The summed E-state index contributed by atoms with van der Waals surface area (Å²) in [5.41, 5.74) is 2.29. The van der Waals surface area contributed by atoms with E-state index >= 15 is 0 Å². The first-order valence-electron chi connectivity index (χ1n) is 7.21. The molecule has 4 nitrogen and oxygen atoms in total. The first-order valence-corrected chi connectivity index (χ1v) is 7.21. The van der Waals surface area contributed by atoms with Crippen molar-refractivity contribution in [2.24, 2.45) is 11.8 Å². The number of hydrogen-bond donors (Lipinski definition) is 1. The quantitative estimate of drug-likeness (QED) is 0.863. The second-order valence-corrected chi connectivity index (χ2v) is 5.80. The fourth-order valence-electron chi connectivity index (χ4n) is 2.74. The Kier molecular flexibility index (Phi) is 4.64. The average Bonchev–Trinajstić information content (AvgIpc) is 2.94. The first-order chi connectivity index (χ1) is 10.0. The number of carboxylic acid groups (broad SMARTS) is 1. The Hall–Kier alpha value is -2.28. The molecule has 110 valence electrons. The topological polar surface area (TPSA) is 64.3 Å². The molecule has 1 aliphatic heterocycles. The van der Waals surface area contributed by atoms with E-state index < -0.39 is 5.97 Å². The summed E-state index contributed by atoms with van der Waals surface area (Å²) in [6.07, 6.45) is 3.75. The highest BCUT2D eigenvalue weighted by Gasteiger charge is 2.26. The highest BCUT2D eigenvalue weighted by molar-refractivity contribution is 5.85. The summed E-state index contributed by atoms with van der Waals surface area (Å²) in [5.74, 6) is 0.332. The van der Waals surface area contributed by atoms with Crippen LogP contribution in [-0.2, 0) is 4.79 Å². The highest BCUT2D eigenvalue weighted by Crippen LogP contribution is 2.30. The molecule has 0 spiro atoms. The summed E-state index contributed by atoms with van der Waals surface area (Å²) in [6.45, 7) is 6.43. The normalized spacial score (nSPS) is 18.4. The molecule has 1 atom stereocenters. The first kappa shape index (κ1) is 15.1. The minimum Gasteiger partial charge on any atom is -0.478 e. The van der Waals surface area contributed by atoms with Crippen LogP contribution in [0.3, 0.4) is 0 Å². The number of hydrogen-bond acceptors (Lipinski definition) is 3. The second-order valence-electron chi connectivity index (χ2n) is 5.80. The van der Waals surface area contributed by atoms with Crippen LogP contribution in [0.5, 0.6) is 0 Å². The summed E-state index contributed by atoms with van der Waals surface area (Å²) in [4.78, 5) is 12.8. The van der Waals surface area contributed by atoms with Crippen molar-refractivity contribution in [3.63, 3.8) is 0 Å². The van der Waals surface area contributed by atoms with Gasteiger partial charge in [-0.15, -0.1) is 0 Å². The Morgan fingerprint density at radius 3 is 2.86 bits per heavy atom. The third-order valence-corrected chi connectivity index (χ3v) is 4.07. The third kappa shape index (κ3) is 3.63. The van der Waals surface area contributed by atoms with Gasteiger partial charge in [0.15, 0.2) is 0 Å². The van der Waals surface area contributed by atoms with Gasteiger partial charge >= 0.3 is 5.97 Å². The maximum Gasteiger partial charge on any atom is 0.328 e. The van der Waals surface area contributed by atoms with Gasteiger partial charge in [0.2, 0.25) is 0 Å². The van der Waals surface area contributed by atoms with Crippen LogP contribution in [0.25, 0.3) is 6.08 Å². The molecule has 1 fully saturated rings. The van der Waals surface area contributed by atoms with Crippen molar-refractivity contribution in [3.05, 3.63) is 35.4 Å². The molecular weight excluding hydrogens is 264 g/mol. The van der Waals surface area contributed by atoms with Crippen molar-refractivity contribution < 1.29 is 9.90 Å². The maximum absolute atomic E-state index is 10.5. The van der Waals surface area contributed by atoms with E-state index in [2.05, 4.69) is 24.8 Å². The summed E-state index contributed by atoms with van der Waals surface area (Å²) in [5, 5.41) is 18.0. The van der Waals surface area contributed by atoms with Crippen LogP contribution in [0.1, 0.15) is 31.4 Å². The lowest BCUT2D eigenvalue weighted by Crippen LogP contribution is -2.22. The monoisotopic (exact) mass is 284 g/mol. The van der Waals surface area contributed by atoms with Crippen LogP contribution in [0.15, 0.2) is 24.3 Å². The molecule has 1 N–H and O–H groups in total. The molecule has 21 heavy (non-hydrogen) atoms. The zero-order chi connectivity index (χ0) is 15.4. The fraction of sp³-hybridized carbons (Fsp3) is 0.412. The molecule has 1 aromatic carbocycles. The van der Waals surface area contributed by atoms with E-state index in [1.54, 1.807) is 6.07 Å². The van der Waals surface area contributed by atoms with Crippen molar-refractivity contribution in [1.82, 2.24) is 0 Å². The van der Waals surface area contributed by atoms with Gasteiger partial charge in [0.25, 0.3) is 0 Å². The van der Waals surface area contributed by atoms with Crippen molar-refractivity contribution >= 4 is 17.7 Å². The summed E-state index contributed by atoms with van der Waals surface area (Å²) in [6, 6.07) is 7.75. The lowest BCUT2D eigenvalue weighted by molar-refractivity contribution is -0.131. The number of carboxylic acids is 1. The molecule has 0 amide bonds. The van der Waals surface area contributed by atoms with Crippen molar-refractivity contribution in [2.45, 2.75) is 20.3 Å². The predicted octanol–water partition coefficient (Wildman–Crippen LogP) is 3.14. The van der Waals surface area contributed by atoms with Crippen LogP contribution < -0.4 is 4.90 Å². The molecule has 0 radical (unpaired) electrons. The SMILES string of the molecule is CC(C)C1CCN(c2ccc(/C=C/C(=O)O)cc2C#N)C1. The van der Waals surface area contributed by atoms with E-state index in [4.69, 9.17) is 5.11 Å². The molecule has 0 aromatic heterocycles. The van der Waals surface area contributed by atoms with Gasteiger partial charge in [-0.05, 0) is 42.0 Å². The van der Waals surface area contributed by atoms with Gasteiger partial charge in [0.1, 0.15) is 6.07 Å². The number of nitrogens with zero attached hydrogens (tertiary/aromatic N) is 2. The molecule has 1 unspecified atom stereocenters. The number of nitriles is 1. The van der Waals surface area contributed by atoms with E-state index in [1.807, 2.05) is 12.1 Å². The third-order valence-electron chi connectivity index (χ3n) is 4.07. The lowest BCUT2D eigenvalue weighted by atomic mass is 9.95. The molecule has 1 aliphatic rings. The molecule has 0 bridgehead atoms. The smallest absolute Gasteiger partial charge is 0.328 e. The Labute approximate surface area is 125 Å². The standard InChI is InChI=1S/C17H20N2O2/c1-12(2)14-7-8-19(11-14)16-5-3-13(4-6-17(20)21)9-15(16)10-18/h3-6,9,12,14H,7-8,11H2,1-2H3,(H,20,21)/b6-4+. The van der Waals surface area contributed by atoms with Gasteiger partial charge in [-0.25, -0.2) is 4.79 Å². The number of carbonyl (C=O) groups is 1. The van der Waals surface area contributed by atoms with E-state index in [1.165, 1.54) is 6.08 Å². The van der Waals surface area contributed by atoms with E-state index in [9.17, 15) is 10.1 Å². The van der Waals surface area contributed by atoms with Gasteiger partial charge in [0, 0.05) is 19.2 Å². The van der Waals surface area contributed by atoms with E-state index in [0.29, 0.717) is 17.4 Å². The largest absolute Gasteiger partial charge is 0.478 e. The lowest BCUT2D eigenvalue weighted by Gasteiger charge is -2.21. The number of anilines is 1. The van der Waals surface area contributed by atoms with Gasteiger partial charge in [0.05, 0.1) is 11.3 Å². The summed E-state index contributed by atoms with van der Waals surface area (Å²) >= 11 is 0. The summed E-state index contributed by atoms with van der Waals surface area (Å²) < 4.78 is 0. The average molecular weight is 284 g/mol. The molecule has 2 rings (SSSR count). The van der Waals surface area contributed by atoms with Crippen molar-refractivity contribution in [2.75, 3.05) is 18.0 Å². The molecule has 1 saturated heterocycles. The number of aliphatic carboxylic acids is 1. The zero-order valence-electron chi connectivity index (χ0n) is 12.4. The van der Waals surface area contributed by atoms with Crippen LogP contribution in [0.2, 0.25) is 0 Å². The Balaban J connectivity index is 2.22. The van der Waals surface area contributed by atoms with Crippen LogP contribution in [0.4, 0.5) is 5.69 Å². The summed E-state index contributed by atoms with van der Waals surface area (Å²) in [7, 11) is 0. The predicted molar refractivity (Wildman–Crippen MR) is 83.0 cm³/mol. The van der Waals surface area contributed by atoms with Gasteiger partial charge in [-0.3, -0.25) is 0 Å². The maximum atomic E-state index is 10.5.